The number of nitrogens with zero attached hydrogens (tertiary/aromatic N) is 3. The van der Waals surface area contributed by atoms with Gasteiger partial charge in [-0.15, -0.1) is 11.3 Å². The minimum Gasteiger partial charge on any atom is -0.378 e. The van der Waals surface area contributed by atoms with Gasteiger partial charge in [-0.3, -0.25) is 14.5 Å². The quantitative estimate of drug-likeness (QED) is 0.839. The highest BCUT2D eigenvalue weighted by molar-refractivity contribution is 7.16. The van der Waals surface area contributed by atoms with Crippen molar-refractivity contribution >= 4 is 28.2 Å². The van der Waals surface area contributed by atoms with Gasteiger partial charge in [0.05, 0.1) is 31.9 Å². The standard InChI is InChI=1S/C17H22N4O3S/c1-20(11-16(23)21-5-7-24-8-6-21)10-15(22)19-17-13(9-18)12-3-2-4-14(12)25-17/h2-8,10-11H2,1H3,(H,19,22). The molecule has 1 aliphatic carbocycles. The van der Waals surface area contributed by atoms with Crippen LogP contribution in [0.5, 0.6) is 0 Å². The molecule has 0 spiro atoms. The van der Waals surface area contributed by atoms with Crippen molar-refractivity contribution < 1.29 is 14.3 Å². The highest BCUT2D eigenvalue weighted by atomic mass is 32.1. The molecule has 0 atom stereocenters. The zero-order valence-electron chi connectivity index (χ0n) is 14.3. The maximum absolute atomic E-state index is 12.3. The summed E-state index contributed by atoms with van der Waals surface area (Å²) in [6, 6.07) is 2.22. The Kier molecular flexibility index (Phi) is 5.68. The Morgan fingerprint density at radius 3 is 2.80 bits per heavy atom. The molecule has 2 aliphatic rings. The van der Waals surface area contributed by atoms with E-state index in [0.29, 0.717) is 36.9 Å². The minimum atomic E-state index is -0.200. The van der Waals surface area contributed by atoms with Gasteiger partial charge in [0.15, 0.2) is 0 Å². The summed E-state index contributed by atoms with van der Waals surface area (Å²) in [5.74, 6) is -0.194. The second-order valence-electron chi connectivity index (χ2n) is 6.39. The van der Waals surface area contributed by atoms with E-state index < -0.39 is 0 Å². The van der Waals surface area contributed by atoms with Gasteiger partial charge in [-0.05, 0) is 31.9 Å². The van der Waals surface area contributed by atoms with Crippen LogP contribution in [-0.2, 0) is 27.2 Å². The number of fused-ring (bicyclic) bond motifs is 1. The third-order valence-electron chi connectivity index (χ3n) is 4.47. The molecule has 1 fully saturated rings. The molecule has 1 aromatic rings. The molecule has 1 saturated heterocycles. The fourth-order valence-corrected chi connectivity index (χ4v) is 4.48. The first kappa shape index (κ1) is 17.9. The lowest BCUT2D eigenvalue weighted by Gasteiger charge is -2.28. The summed E-state index contributed by atoms with van der Waals surface area (Å²) in [7, 11) is 1.75. The summed E-state index contributed by atoms with van der Waals surface area (Å²) in [6.45, 7) is 2.64. The number of carbonyl (C=O) groups excluding carboxylic acids is 2. The van der Waals surface area contributed by atoms with Crippen LogP contribution < -0.4 is 5.32 Å². The highest BCUT2D eigenvalue weighted by Crippen LogP contribution is 2.38. The summed E-state index contributed by atoms with van der Waals surface area (Å²) in [5.41, 5.74) is 1.71. The average Bonchev–Trinajstić information content (AvgIpc) is 3.15. The number of aryl methyl sites for hydroxylation is 1. The molecule has 25 heavy (non-hydrogen) atoms. The molecule has 2 heterocycles. The van der Waals surface area contributed by atoms with Gasteiger partial charge in [0.25, 0.3) is 0 Å². The van der Waals surface area contributed by atoms with E-state index in [9.17, 15) is 14.9 Å². The van der Waals surface area contributed by atoms with Gasteiger partial charge in [-0.25, -0.2) is 0 Å². The number of nitrogens with one attached hydrogen (secondary N) is 1. The molecular formula is C17H22N4O3S. The minimum absolute atomic E-state index is 0.00594. The van der Waals surface area contributed by atoms with E-state index in [-0.39, 0.29) is 24.9 Å². The maximum atomic E-state index is 12.3. The Morgan fingerprint density at radius 2 is 2.08 bits per heavy atom. The van der Waals surface area contributed by atoms with Crippen molar-refractivity contribution in [1.29, 1.82) is 5.26 Å². The van der Waals surface area contributed by atoms with E-state index in [4.69, 9.17) is 4.74 Å². The van der Waals surface area contributed by atoms with E-state index in [2.05, 4.69) is 11.4 Å². The lowest BCUT2D eigenvalue weighted by atomic mass is 10.1. The maximum Gasteiger partial charge on any atom is 0.239 e. The molecule has 2 amide bonds. The molecule has 3 rings (SSSR count). The molecule has 1 aliphatic heterocycles. The molecule has 0 bridgehead atoms. The van der Waals surface area contributed by atoms with Gasteiger partial charge < -0.3 is 15.0 Å². The average molecular weight is 362 g/mol. The van der Waals surface area contributed by atoms with Crippen LogP contribution in [0.1, 0.15) is 22.4 Å². The fraction of sp³-hybridized carbons (Fsp3) is 0.588. The van der Waals surface area contributed by atoms with E-state index in [1.807, 2.05) is 0 Å². The second kappa shape index (κ2) is 7.95. The zero-order chi connectivity index (χ0) is 17.8. The monoisotopic (exact) mass is 362 g/mol. The Balaban J connectivity index is 1.52. The van der Waals surface area contributed by atoms with Crippen molar-refractivity contribution in [2.75, 3.05) is 51.8 Å². The molecule has 8 heteroatoms. The number of anilines is 1. The predicted molar refractivity (Wildman–Crippen MR) is 94.6 cm³/mol. The lowest BCUT2D eigenvalue weighted by Crippen LogP contribution is -2.46. The number of amides is 2. The summed E-state index contributed by atoms with van der Waals surface area (Å²) in [6.07, 6.45) is 2.98. The SMILES string of the molecule is CN(CC(=O)Nc1sc2c(c1C#N)CCC2)CC(=O)N1CCOCC1. The van der Waals surface area contributed by atoms with E-state index in [1.54, 1.807) is 16.8 Å². The molecule has 1 aromatic heterocycles. The fourth-order valence-electron chi connectivity index (χ4n) is 3.22. The van der Waals surface area contributed by atoms with Crippen LogP contribution in [0.4, 0.5) is 5.00 Å². The lowest BCUT2D eigenvalue weighted by molar-refractivity contribution is -0.136. The number of likely N-dealkylation sites (N-methyl/N-ethyl adjacent to an activating group) is 1. The van der Waals surface area contributed by atoms with E-state index in [1.165, 1.54) is 16.2 Å². The third-order valence-corrected chi connectivity index (χ3v) is 5.68. The van der Waals surface area contributed by atoms with Gasteiger partial charge in [-0.2, -0.15) is 5.26 Å². The molecular weight excluding hydrogens is 340 g/mol. The summed E-state index contributed by atoms with van der Waals surface area (Å²) < 4.78 is 5.24. The predicted octanol–water partition coefficient (Wildman–Crippen LogP) is 0.838. The van der Waals surface area contributed by atoms with Gasteiger partial charge in [-0.1, -0.05) is 0 Å². The van der Waals surface area contributed by atoms with E-state index >= 15 is 0 Å². The van der Waals surface area contributed by atoms with Crippen LogP contribution in [0, 0.1) is 11.3 Å². The molecule has 1 N–H and O–H groups in total. The molecule has 0 unspecified atom stereocenters. The first-order valence-electron chi connectivity index (χ1n) is 8.47. The summed E-state index contributed by atoms with van der Waals surface area (Å²) in [5, 5.41) is 12.9. The van der Waals surface area contributed by atoms with Gasteiger partial charge >= 0.3 is 0 Å². The Hall–Kier alpha value is -1.95. The number of nitriles is 1. The van der Waals surface area contributed by atoms with Crippen LogP contribution in [0.3, 0.4) is 0 Å². The molecule has 0 radical (unpaired) electrons. The highest BCUT2D eigenvalue weighted by Gasteiger charge is 2.24. The van der Waals surface area contributed by atoms with Crippen LogP contribution in [0.25, 0.3) is 0 Å². The Labute approximate surface area is 151 Å². The smallest absolute Gasteiger partial charge is 0.239 e. The Bertz CT molecular complexity index is 703. The van der Waals surface area contributed by atoms with Crippen LogP contribution in [-0.4, -0.2) is 68.1 Å². The second-order valence-corrected chi connectivity index (χ2v) is 7.49. The summed E-state index contributed by atoms with van der Waals surface area (Å²) >= 11 is 1.50. The number of ether oxygens (including phenoxy) is 1. The number of thiophene rings is 1. The number of carbonyl (C=O) groups is 2. The number of hydrogen-bond donors (Lipinski definition) is 1. The van der Waals surface area contributed by atoms with Crippen molar-refractivity contribution in [1.82, 2.24) is 9.80 Å². The van der Waals surface area contributed by atoms with Crippen molar-refractivity contribution in [2.45, 2.75) is 19.3 Å². The topological polar surface area (TPSA) is 85.7 Å². The Morgan fingerprint density at radius 1 is 1.32 bits per heavy atom. The van der Waals surface area contributed by atoms with Crippen molar-refractivity contribution in [3.05, 3.63) is 16.0 Å². The third kappa shape index (κ3) is 4.18. The molecule has 0 aromatic carbocycles. The van der Waals surface area contributed by atoms with Crippen molar-refractivity contribution in [2.24, 2.45) is 0 Å². The first-order valence-corrected chi connectivity index (χ1v) is 9.28. The number of rotatable bonds is 5. The number of hydrogen-bond acceptors (Lipinski definition) is 6. The summed E-state index contributed by atoms with van der Waals surface area (Å²) in [4.78, 5) is 29.1. The zero-order valence-corrected chi connectivity index (χ0v) is 15.2. The van der Waals surface area contributed by atoms with Crippen LogP contribution in [0.2, 0.25) is 0 Å². The van der Waals surface area contributed by atoms with E-state index in [0.717, 1.165) is 24.8 Å². The van der Waals surface area contributed by atoms with Crippen LogP contribution >= 0.6 is 11.3 Å². The normalized spacial score (nSPS) is 16.6. The molecule has 7 nitrogen and oxygen atoms in total. The van der Waals surface area contributed by atoms with Gasteiger partial charge in [0.2, 0.25) is 11.8 Å². The van der Waals surface area contributed by atoms with Crippen LogP contribution in [0.15, 0.2) is 0 Å². The largest absolute Gasteiger partial charge is 0.378 e. The molecule has 0 saturated carbocycles. The van der Waals surface area contributed by atoms with Crippen molar-refractivity contribution in [3.8, 4) is 6.07 Å². The first-order chi connectivity index (χ1) is 12.1. The van der Waals surface area contributed by atoms with Gasteiger partial charge in [0, 0.05) is 18.0 Å². The molecule has 134 valence electrons. The number of morpholine rings is 1. The van der Waals surface area contributed by atoms with Crippen molar-refractivity contribution in [3.63, 3.8) is 0 Å². The van der Waals surface area contributed by atoms with Gasteiger partial charge in [0.1, 0.15) is 11.1 Å².